The molecule has 1 fully saturated rings. The molecule has 2 rings (SSSR count). The first-order valence-electron chi connectivity index (χ1n) is 7.70. The molecule has 1 aromatic rings. The van der Waals surface area contributed by atoms with E-state index in [2.05, 4.69) is 10.3 Å². The van der Waals surface area contributed by atoms with Gasteiger partial charge < -0.3 is 15.2 Å². The fourth-order valence-corrected chi connectivity index (χ4v) is 2.78. The lowest BCUT2D eigenvalue weighted by Gasteiger charge is -2.32. The molecule has 0 bridgehead atoms. The SMILES string of the molecule is Cc1cc(=O)c(C(=O)N(CC2CCCNC2)C(C)C)c[nH]1. The number of aryl methyl sites for hydroxylation is 1. The molecule has 1 atom stereocenters. The highest BCUT2D eigenvalue weighted by Gasteiger charge is 2.25. The zero-order chi connectivity index (χ0) is 15.4. The molecule has 1 amide bonds. The number of hydrogen-bond donors (Lipinski definition) is 2. The predicted molar refractivity (Wildman–Crippen MR) is 83.6 cm³/mol. The molecule has 0 aromatic carbocycles. The number of rotatable bonds is 4. The third-order valence-electron chi connectivity index (χ3n) is 4.03. The quantitative estimate of drug-likeness (QED) is 0.884. The Balaban J connectivity index is 2.16. The molecular formula is C16H25N3O2. The molecule has 1 aromatic heterocycles. The van der Waals surface area contributed by atoms with E-state index in [-0.39, 0.29) is 22.9 Å². The minimum Gasteiger partial charge on any atom is -0.364 e. The average molecular weight is 291 g/mol. The van der Waals surface area contributed by atoms with E-state index in [1.54, 1.807) is 0 Å². The Morgan fingerprint density at radius 1 is 1.48 bits per heavy atom. The Bertz CT molecular complexity index is 545. The molecule has 0 radical (unpaired) electrons. The van der Waals surface area contributed by atoms with Gasteiger partial charge in [0.15, 0.2) is 5.43 Å². The summed E-state index contributed by atoms with van der Waals surface area (Å²) in [5.41, 5.74) is 0.797. The highest BCUT2D eigenvalue weighted by molar-refractivity contribution is 5.94. The Labute approximate surface area is 125 Å². The second kappa shape index (κ2) is 6.89. The molecule has 2 N–H and O–H groups in total. The summed E-state index contributed by atoms with van der Waals surface area (Å²) in [5, 5.41) is 3.37. The lowest BCUT2D eigenvalue weighted by Crippen LogP contribution is -2.45. The summed E-state index contributed by atoms with van der Waals surface area (Å²) in [7, 11) is 0. The molecule has 0 saturated carbocycles. The molecule has 5 nitrogen and oxygen atoms in total. The van der Waals surface area contributed by atoms with Crippen LogP contribution in [-0.4, -0.2) is 41.5 Å². The van der Waals surface area contributed by atoms with E-state index in [1.807, 2.05) is 25.7 Å². The fraction of sp³-hybridized carbons (Fsp3) is 0.625. The maximum atomic E-state index is 12.7. The van der Waals surface area contributed by atoms with Crippen LogP contribution in [-0.2, 0) is 0 Å². The van der Waals surface area contributed by atoms with Crippen molar-refractivity contribution in [1.29, 1.82) is 0 Å². The van der Waals surface area contributed by atoms with Crippen LogP contribution in [0.4, 0.5) is 0 Å². The van der Waals surface area contributed by atoms with Gasteiger partial charge >= 0.3 is 0 Å². The van der Waals surface area contributed by atoms with Crippen LogP contribution in [0, 0.1) is 12.8 Å². The van der Waals surface area contributed by atoms with Gasteiger partial charge in [-0.2, -0.15) is 0 Å². The molecule has 1 saturated heterocycles. The number of piperidine rings is 1. The van der Waals surface area contributed by atoms with Crippen LogP contribution in [0.2, 0.25) is 0 Å². The monoisotopic (exact) mass is 291 g/mol. The van der Waals surface area contributed by atoms with Crippen LogP contribution in [0.25, 0.3) is 0 Å². The zero-order valence-corrected chi connectivity index (χ0v) is 13.1. The third-order valence-corrected chi connectivity index (χ3v) is 4.03. The predicted octanol–water partition coefficient (Wildman–Crippen LogP) is 1.53. The second-order valence-corrected chi connectivity index (χ2v) is 6.16. The van der Waals surface area contributed by atoms with Crippen molar-refractivity contribution in [3.05, 3.63) is 33.7 Å². The number of aromatic nitrogens is 1. The summed E-state index contributed by atoms with van der Waals surface area (Å²) in [6.07, 6.45) is 3.82. The van der Waals surface area contributed by atoms with Crippen LogP contribution in [0.1, 0.15) is 42.7 Å². The standard InChI is InChI=1S/C16H25N3O2/c1-11(2)19(10-13-5-4-6-17-8-13)16(21)14-9-18-12(3)7-15(14)20/h7,9,11,13,17H,4-6,8,10H2,1-3H3,(H,18,20). The van der Waals surface area contributed by atoms with Gasteiger partial charge in [0.05, 0.1) is 0 Å². The highest BCUT2D eigenvalue weighted by Crippen LogP contribution is 2.15. The number of amides is 1. The zero-order valence-electron chi connectivity index (χ0n) is 13.1. The summed E-state index contributed by atoms with van der Waals surface area (Å²) in [5.74, 6) is 0.298. The fourth-order valence-electron chi connectivity index (χ4n) is 2.78. The number of carbonyl (C=O) groups excluding carboxylic acids is 1. The molecule has 5 heteroatoms. The number of pyridine rings is 1. The van der Waals surface area contributed by atoms with Crippen LogP contribution in [0.3, 0.4) is 0 Å². The summed E-state index contributed by atoms with van der Waals surface area (Å²) in [4.78, 5) is 29.5. The Kier molecular flexibility index (Phi) is 5.17. The summed E-state index contributed by atoms with van der Waals surface area (Å²) in [6, 6.07) is 1.56. The molecule has 116 valence electrons. The molecule has 1 unspecified atom stereocenters. The van der Waals surface area contributed by atoms with Crippen molar-refractivity contribution in [2.45, 2.75) is 39.7 Å². The summed E-state index contributed by atoms with van der Waals surface area (Å²) in [6.45, 7) is 8.51. The molecule has 1 aliphatic heterocycles. The van der Waals surface area contributed by atoms with E-state index in [0.29, 0.717) is 12.5 Å². The molecule has 1 aliphatic rings. The normalized spacial score (nSPS) is 18.8. The second-order valence-electron chi connectivity index (χ2n) is 6.16. The average Bonchev–Trinajstić information content (AvgIpc) is 2.45. The van der Waals surface area contributed by atoms with Crippen molar-refractivity contribution in [2.75, 3.05) is 19.6 Å². The number of nitrogens with one attached hydrogen (secondary N) is 2. The number of H-pyrrole nitrogens is 1. The van der Waals surface area contributed by atoms with Crippen LogP contribution in [0.15, 0.2) is 17.1 Å². The van der Waals surface area contributed by atoms with E-state index in [0.717, 1.165) is 31.6 Å². The van der Waals surface area contributed by atoms with Crippen molar-refractivity contribution in [2.24, 2.45) is 5.92 Å². The summed E-state index contributed by atoms with van der Waals surface area (Å²) < 4.78 is 0. The van der Waals surface area contributed by atoms with E-state index in [9.17, 15) is 9.59 Å². The van der Waals surface area contributed by atoms with Crippen molar-refractivity contribution in [1.82, 2.24) is 15.2 Å². The van der Waals surface area contributed by atoms with Crippen molar-refractivity contribution < 1.29 is 4.79 Å². The Morgan fingerprint density at radius 3 is 2.81 bits per heavy atom. The van der Waals surface area contributed by atoms with Gasteiger partial charge in [-0.15, -0.1) is 0 Å². The van der Waals surface area contributed by atoms with E-state index in [1.165, 1.54) is 12.3 Å². The van der Waals surface area contributed by atoms with Gasteiger partial charge in [0.2, 0.25) is 0 Å². The topological polar surface area (TPSA) is 65.2 Å². The van der Waals surface area contributed by atoms with Gasteiger partial charge in [-0.05, 0) is 52.6 Å². The molecule has 0 spiro atoms. The van der Waals surface area contributed by atoms with E-state index < -0.39 is 0 Å². The van der Waals surface area contributed by atoms with Gasteiger partial charge in [-0.25, -0.2) is 0 Å². The molecule has 21 heavy (non-hydrogen) atoms. The summed E-state index contributed by atoms with van der Waals surface area (Å²) >= 11 is 0. The third kappa shape index (κ3) is 3.94. The highest BCUT2D eigenvalue weighted by atomic mass is 16.2. The van der Waals surface area contributed by atoms with E-state index >= 15 is 0 Å². The largest absolute Gasteiger partial charge is 0.364 e. The first-order valence-corrected chi connectivity index (χ1v) is 7.70. The van der Waals surface area contributed by atoms with Gasteiger partial charge in [0.1, 0.15) is 5.56 Å². The first-order chi connectivity index (χ1) is 9.99. The maximum Gasteiger partial charge on any atom is 0.259 e. The van der Waals surface area contributed by atoms with Crippen molar-refractivity contribution in [3.8, 4) is 0 Å². The smallest absolute Gasteiger partial charge is 0.259 e. The van der Waals surface area contributed by atoms with Crippen molar-refractivity contribution in [3.63, 3.8) is 0 Å². The minimum absolute atomic E-state index is 0.0835. The number of hydrogen-bond acceptors (Lipinski definition) is 3. The first kappa shape index (κ1) is 15.8. The lowest BCUT2D eigenvalue weighted by molar-refractivity contribution is 0.0659. The number of aromatic amines is 1. The Morgan fingerprint density at radius 2 is 2.24 bits per heavy atom. The maximum absolute atomic E-state index is 12.7. The van der Waals surface area contributed by atoms with Gasteiger partial charge in [-0.1, -0.05) is 0 Å². The van der Waals surface area contributed by atoms with E-state index in [4.69, 9.17) is 0 Å². The number of nitrogens with zero attached hydrogens (tertiary/aromatic N) is 1. The van der Waals surface area contributed by atoms with Gasteiger partial charge in [0, 0.05) is 30.5 Å². The number of carbonyl (C=O) groups is 1. The van der Waals surface area contributed by atoms with Gasteiger partial charge in [0.25, 0.3) is 5.91 Å². The molecule has 0 aliphatic carbocycles. The Hall–Kier alpha value is -1.62. The van der Waals surface area contributed by atoms with Crippen molar-refractivity contribution >= 4 is 5.91 Å². The van der Waals surface area contributed by atoms with Crippen LogP contribution in [0.5, 0.6) is 0 Å². The molecular weight excluding hydrogens is 266 g/mol. The lowest BCUT2D eigenvalue weighted by atomic mass is 9.98. The van der Waals surface area contributed by atoms with Crippen LogP contribution < -0.4 is 10.7 Å². The van der Waals surface area contributed by atoms with Gasteiger partial charge in [-0.3, -0.25) is 9.59 Å². The molecule has 2 heterocycles. The minimum atomic E-state index is -0.205. The van der Waals surface area contributed by atoms with Crippen LogP contribution >= 0.6 is 0 Å².